The molecule has 1 atom stereocenters. The highest BCUT2D eigenvalue weighted by molar-refractivity contribution is 7.80. The molecule has 3 rings (SSSR count). The summed E-state index contributed by atoms with van der Waals surface area (Å²) in [5.74, 6) is 0.408. The molecular weight excluding hydrogens is 410 g/mol. The zero-order valence-corrected chi connectivity index (χ0v) is 18.3. The van der Waals surface area contributed by atoms with Gasteiger partial charge >= 0.3 is 5.97 Å². The standard InChI is InChI=1S/C20H27N3O6S/c1-26-16-11-13(19(25)28-3)14(12-17(16)27-2)21-20(30)23-8-6-22(7-9-23)18(24)15-5-4-10-29-15/h11-12,15H,4-10H2,1-3H3,(H,21,30)/t15-/m0/s1. The molecule has 2 aliphatic heterocycles. The third-order valence-electron chi connectivity index (χ3n) is 5.25. The lowest BCUT2D eigenvalue weighted by Gasteiger charge is -2.37. The Balaban J connectivity index is 1.67. The number of esters is 1. The Labute approximate surface area is 181 Å². The van der Waals surface area contributed by atoms with Crippen LogP contribution in [0.5, 0.6) is 11.5 Å². The number of hydrogen-bond acceptors (Lipinski definition) is 7. The molecule has 1 aromatic carbocycles. The molecule has 0 radical (unpaired) electrons. The summed E-state index contributed by atoms with van der Waals surface area (Å²) >= 11 is 5.55. The number of methoxy groups -OCH3 is 3. The van der Waals surface area contributed by atoms with E-state index in [0.29, 0.717) is 55.1 Å². The Bertz CT molecular complexity index is 804. The number of hydrogen-bond donors (Lipinski definition) is 1. The van der Waals surface area contributed by atoms with E-state index in [4.69, 9.17) is 31.2 Å². The average Bonchev–Trinajstić information content (AvgIpc) is 3.32. The molecule has 0 spiro atoms. The van der Waals surface area contributed by atoms with Crippen LogP contribution in [0.3, 0.4) is 0 Å². The number of anilines is 1. The van der Waals surface area contributed by atoms with E-state index in [-0.39, 0.29) is 17.6 Å². The van der Waals surface area contributed by atoms with Gasteiger partial charge in [-0.2, -0.15) is 0 Å². The predicted molar refractivity (Wildman–Crippen MR) is 114 cm³/mol. The summed E-state index contributed by atoms with van der Waals surface area (Å²) in [6.07, 6.45) is 1.41. The van der Waals surface area contributed by atoms with Gasteiger partial charge in [0.05, 0.1) is 32.6 Å². The van der Waals surface area contributed by atoms with Crippen molar-refractivity contribution in [3.63, 3.8) is 0 Å². The molecule has 10 heteroatoms. The Kier molecular flexibility index (Phi) is 7.33. The van der Waals surface area contributed by atoms with Crippen LogP contribution in [0.4, 0.5) is 5.69 Å². The summed E-state index contributed by atoms with van der Waals surface area (Å²) in [4.78, 5) is 28.5. The first-order valence-corrected chi connectivity index (χ1v) is 10.2. The van der Waals surface area contributed by atoms with Crippen molar-refractivity contribution in [2.24, 2.45) is 0 Å². The molecule has 1 amide bonds. The van der Waals surface area contributed by atoms with Gasteiger partial charge in [0.2, 0.25) is 0 Å². The zero-order chi connectivity index (χ0) is 21.7. The highest BCUT2D eigenvalue weighted by atomic mass is 32.1. The number of nitrogens with one attached hydrogen (secondary N) is 1. The van der Waals surface area contributed by atoms with Crippen molar-refractivity contribution in [1.29, 1.82) is 0 Å². The van der Waals surface area contributed by atoms with Gasteiger partial charge in [0, 0.05) is 44.9 Å². The minimum absolute atomic E-state index is 0.0545. The molecule has 2 aliphatic rings. The molecule has 2 saturated heterocycles. The summed E-state index contributed by atoms with van der Waals surface area (Å²) in [5, 5.41) is 3.57. The molecule has 1 aromatic rings. The van der Waals surface area contributed by atoms with Gasteiger partial charge in [-0.25, -0.2) is 4.79 Å². The van der Waals surface area contributed by atoms with Gasteiger partial charge in [0.1, 0.15) is 6.10 Å². The molecule has 164 valence electrons. The Hall–Kier alpha value is -2.59. The van der Waals surface area contributed by atoms with E-state index in [1.807, 2.05) is 9.80 Å². The maximum atomic E-state index is 12.5. The van der Waals surface area contributed by atoms with Crippen molar-refractivity contribution in [3.05, 3.63) is 17.7 Å². The van der Waals surface area contributed by atoms with Gasteiger partial charge in [0.25, 0.3) is 5.91 Å². The second-order valence-corrected chi connectivity index (χ2v) is 7.38. The molecule has 2 fully saturated rings. The number of carbonyl (C=O) groups is 2. The van der Waals surface area contributed by atoms with Gasteiger partial charge in [-0.15, -0.1) is 0 Å². The van der Waals surface area contributed by atoms with Crippen LogP contribution in [0.1, 0.15) is 23.2 Å². The van der Waals surface area contributed by atoms with E-state index in [1.165, 1.54) is 21.3 Å². The van der Waals surface area contributed by atoms with Crippen molar-refractivity contribution in [3.8, 4) is 11.5 Å². The largest absolute Gasteiger partial charge is 0.493 e. The van der Waals surface area contributed by atoms with Crippen LogP contribution in [0.15, 0.2) is 12.1 Å². The normalized spacial score (nSPS) is 18.7. The number of carbonyl (C=O) groups excluding carboxylic acids is 2. The summed E-state index contributed by atoms with van der Waals surface area (Å²) in [6, 6.07) is 3.20. The Morgan fingerprint density at radius 1 is 1.07 bits per heavy atom. The highest BCUT2D eigenvalue weighted by Crippen LogP contribution is 2.34. The number of piperazine rings is 1. The van der Waals surface area contributed by atoms with Gasteiger partial charge < -0.3 is 34.1 Å². The van der Waals surface area contributed by atoms with Crippen molar-refractivity contribution >= 4 is 34.9 Å². The van der Waals surface area contributed by atoms with E-state index in [1.54, 1.807) is 12.1 Å². The topological polar surface area (TPSA) is 89.6 Å². The zero-order valence-electron chi connectivity index (χ0n) is 17.4. The molecule has 1 N–H and O–H groups in total. The smallest absolute Gasteiger partial charge is 0.340 e. The van der Waals surface area contributed by atoms with Crippen LogP contribution in [0.2, 0.25) is 0 Å². The number of amides is 1. The first-order valence-electron chi connectivity index (χ1n) is 9.79. The van der Waals surface area contributed by atoms with Crippen LogP contribution in [-0.4, -0.2) is 87.0 Å². The molecule has 0 aliphatic carbocycles. The van der Waals surface area contributed by atoms with Crippen molar-refractivity contribution in [2.75, 3.05) is 59.4 Å². The number of thiocarbonyl (C=S) groups is 1. The minimum atomic E-state index is -0.520. The lowest BCUT2D eigenvalue weighted by molar-refractivity contribution is -0.142. The van der Waals surface area contributed by atoms with E-state index in [2.05, 4.69) is 5.32 Å². The molecular formula is C20H27N3O6S. The fraction of sp³-hybridized carbons (Fsp3) is 0.550. The maximum Gasteiger partial charge on any atom is 0.340 e. The minimum Gasteiger partial charge on any atom is -0.493 e. The molecule has 2 heterocycles. The second kappa shape index (κ2) is 9.94. The number of ether oxygens (including phenoxy) is 4. The second-order valence-electron chi connectivity index (χ2n) is 6.99. The SMILES string of the molecule is COC(=O)c1cc(OC)c(OC)cc1NC(=S)N1CCN(C(=O)[C@@H]2CCCO2)CC1. The first kappa shape index (κ1) is 22.1. The number of nitrogens with zero attached hydrogens (tertiary/aromatic N) is 2. The molecule has 0 aromatic heterocycles. The fourth-order valence-electron chi connectivity index (χ4n) is 3.56. The van der Waals surface area contributed by atoms with Crippen LogP contribution in [0.25, 0.3) is 0 Å². The summed E-state index contributed by atoms with van der Waals surface area (Å²) < 4.78 is 21.0. The van der Waals surface area contributed by atoms with Gasteiger partial charge in [0.15, 0.2) is 16.6 Å². The first-order chi connectivity index (χ1) is 14.5. The molecule has 30 heavy (non-hydrogen) atoms. The van der Waals surface area contributed by atoms with Crippen molar-refractivity contribution < 1.29 is 28.5 Å². The third-order valence-corrected chi connectivity index (χ3v) is 5.61. The maximum absolute atomic E-state index is 12.5. The number of rotatable bonds is 5. The van der Waals surface area contributed by atoms with E-state index in [9.17, 15) is 9.59 Å². The summed E-state index contributed by atoms with van der Waals surface area (Å²) in [7, 11) is 4.32. The molecule has 0 bridgehead atoms. The number of benzene rings is 1. The Morgan fingerprint density at radius 2 is 1.70 bits per heavy atom. The fourth-order valence-corrected chi connectivity index (χ4v) is 3.85. The van der Waals surface area contributed by atoms with Gasteiger partial charge in [-0.05, 0) is 25.1 Å². The summed E-state index contributed by atoms with van der Waals surface area (Å²) in [6.45, 7) is 2.96. The van der Waals surface area contributed by atoms with Crippen molar-refractivity contribution in [2.45, 2.75) is 18.9 Å². The lowest BCUT2D eigenvalue weighted by Crippen LogP contribution is -2.53. The third kappa shape index (κ3) is 4.76. The van der Waals surface area contributed by atoms with E-state index in [0.717, 1.165) is 12.8 Å². The van der Waals surface area contributed by atoms with Crippen LogP contribution in [0, 0.1) is 0 Å². The molecule has 9 nitrogen and oxygen atoms in total. The van der Waals surface area contributed by atoms with Crippen molar-refractivity contribution in [1.82, 2.24) is 9.80 Å². The predicted octanol–water partition coefficient (Wildman–Crippen LogP) is 1.51. The van der Waals surface area contributed by atoms with E-state index >= 15 is 0 Å². The monoisotopic (exact) mass is 437 g/mol. The van der Waals surface area contributed by atoms with Gasteiger partial charge in [-0.3, -0.25) is 4.79 Å². The average molecular weight is 438 g/mol. The van der Waals surface area contributed by atoms with Crippen LogP contribution in [-0.2, 0) is 14.3 Å². The highest BCUT2D eigenvalue weighted by Gasteiger charge is 2.31. The van der Waals surface area contributed by atoms with Gasteiger partial charge in [-0.1, -0.05) is 0 Å². The van der Waals surface area contributed by atoms with Crippen LogP contribution >= 0.6 is 12.2 Å². The van der Waals surface area contributed by atoms with Crippen LogP contribution < -0.4 is 14.8 Å². The van der Waals surface area contributed by atoms with E-state index < -0.39 is 5.97 Å². The quantitative estimate of drug-likeness (QED) is 0.544. The lowest BCUT2D eigenvalue weighted by atomic mass is 10.1. The molecule has 0 unspecified atom stereocenters. The summed E-state index contributed by atoms with van der Waals surface area (Å²) in [5.41, 5.74) is 0.743. The molecule has 0 saturated carbocycles. The Morgan fingerprint density at radius 3 is 2.27 bits per heavy atom.